The van der Waals surface area contributed by atoms with Gasteiger partial charge in [0.2, 0.25) is 0 Å². The minimum atomic E-state index is 0.646. The summed E-state index contributed by atoms with van der Waals surface area (Å²) in [4.78, 5) is 0. The lowest BCUT2D eigenvalue weighted by atomic mass is 10.1. The van der Waals surface area contributed by atoms with Crippen LogP contribution in [0.1, 0.15) is 5.56 Å². The Morgan fingerprint density at radius 3 is 3.06 bits per heavy atom. The first-order chi connectivity index (χ1) is 8.81. The molecule has 3 rings (SSSR count). The molecule has 0 spiro atoms. The monoisotopic (exact) mass is 243 g/mol. The molecule has 0 saturated carbocycles. The fraction of sp³-hybridized carbons (Fsp3) is 0.357. The average Bonchev–Trinajstić information content (AvgIpc) is 2.76. The number of aromatic nitrogens is 2. The zero-order valence-electron chi connectivity index (χ0n) is 10.5. The number of aryl methyl sites for hydroxylation is 1. The molecule has 2 aromatic rings. The summed E-state index contributed by atoms with van der Waals surface area (Å²) in [6.45, 7) is 4.97. The summed E-state index contributed by atoms with van der Waals surface area (Å²) in [6.07, 6.45) is 3.70. The van der Waals surface area contributed by atoms with Crippen LogP contribution in [0.15, 0.2) is 36.7 Å². The van der Waals surface area contributed by atoms with Crippen molar-refractivity contribution in [1.29, 1.82) is 0 Å². The van der Waals surface area contributed by atoms with Crippen molar-refractivity contribution < 1.29 is 4.74 Å². The van der Waals surface area contributed by atoms with Gasteiger partial charge >= 0.3 is 0 Å². The van der Waals surface area contributed by atoms with E-state index in [1.165, 1.54) is 5.56 Å². The molecule has 0 atom stereocenters. The largest absolute Gasteiger partial charge is 0.490 e. The molecule has 1 N–H and O–H groups in total. The fourth-order valence-electron chi connectivity index (χ4n) is 1.97. The van der Waals surface area contributed by atoms with Crippen molar-refractivity contribution in [2.45, 2.75) is 6.92 Å². The number of hydrogen-bond donors (Lipinski definition) is 1. The molecule has 0 unspecified atom stereocenters. The molecule has 4 nitrogen and oxygen atoms in total. The second-order valence-corrected chi connectivity index (χ2v) is 4.79. The van der Waals surface area contributed by atoms with E-state index in [0.29, 0.717) is 5.92 Å². The van der Waals surface area contributed by atoms with E-state index in [1.807, 2.05) is 23.0 Å². The van der Waals surface area contributed by atoms with E-state index in [0.717, 1.165) is 31.1 Å². The molecule has 0 aliphatic carbocycles. The van der Waals surface area contributed by atoms with E-state index in [2.05, 4.69) is 29.5 Å². The highest BCUT2D eigenvalue weighted by Crippen LogP contribution is 2.16. The lowest BCUT2D eigenvalue weighted by Crippen LogP contribution is -2.45. The first-order valence-corrected chi connectivity index (χ1v) is 6.26. The summed E-state index contributed by atoms with van der Waals surface area (Å²) >= 11 is 0. The van der Waals surface area contributed by atoms with Crippen molar-refractivity contribution in [2.24, 2.45) is 5.92 Å². The highest BCUT2D eigenvalue weighted by molar-refractivity contribution is 5.35. The Labute approximate surface area is 107 Å². The Morgan fingerprint density at radius 1 is 1.44 bits per heavy atom. The molecule has 2 heterocycles. The summed E-state index contributed by atoms with van der Waals surface area (Å²) in [7, 11) is 0. The molecule has 1 aliphatic rings. The molecule has 1 aromatic heterocycles. The van der Waals surface area contributed by atoms with Gasteiger partial charge in [0.1, 0.15) is 0 Å². The Morgan fingerprint density at radius 2 is 2.33 bits per heavy atom. The lowest BCUT2D eigenvalue weighted by Gasteiger charge is -2.26. The smallest absolute Gasteiger partial charge is 0.157 e. The summed E-state index contributed by atoms with van der Waals surface area (Å²) in [5.41, 5.74) is 2.29. The van der Waals surface area contributed by atoms with Crippen LogP contribution >= 0.6 is 0 Å². The number of benzene rings is 1. The maximum absolute atomic E-state index is 5.72. The van der Waals surface area contributed by atoms with Crippen LogP contribution < -0.4 is 10.1 Å². The van der Waals surface area contributed by atoms with Gasteiger partial charge in [0, 0.05) is 19.0 Å². The number of nitrogens with zero attached hydrogens (tertiary/aromatic N) is 2. The van der Waals surface area contributed by atoms with E-state index in [1.54, 1.807) is 6.20 Å². The summed E-state index contributed by atoms with van der Waals surface area (Å²) in [5.74, 6) is 1.48. The molecule has 0 amide bonds. The van der Waals surface area contributed by atoms with Crippen LogP contribution in [-0.4, -0.2) is 29.5 Å². The maximum Gasteiger partial charge on any atom is 0.157 e. The molecule has 1 saturated heterocycles. The lowest BCUT2D eigenvalue weighted by molar-refractivity contribution is 0.199. The topological polar surface area (TPSA) is 39.1 Å². The van der Waals surface area contributed by atoms with E-state index in [4.69, 9.17) is 4.74 Å². The van der Waals surface area contributed by atoms with Crippen LogP contribution in [0, 0.1) is 12.8 Å². The van der Waals surface area contributed by atoms with Gasteiger partial charge < -0.3 is 10.1 Å². The molecule has 1 fully saturated rings. The molecule has 94 valence electrons. The van der Waals surface area contributed by atoms with Crippen LogP contribution in [0.5, 0.6) is 5.75 Å². The number of nitrogens with one attached hydrogen (secondary N) is 1. The van der Waals surface area contributed by atoms with Gasteiger partial charge in [-0.25, -0.2) is 4.68 Å². The third kappa shape index (κ3) is 2.38. The second kappa shape index (κ2) is 4.82. The van der Waals surface area contributed by atoms with Gasteiger partial charge in [-0.15, -0.1) is 0 Å². The minimum Gasteiger partial charge on any atom is -0.490 e. The van der Waals surface area contributed by atoms with Crippen LogP contribution in [0.4, 0.5) is 0 Å². The van der Waals surface area contributed by atoms with Gasteiger partial charge in [0.25, 0.3) is 0 Å². The van der Waals surface area contributed by atoms with Crippen molar-refractivity contribution >= 4 is 0 Å². The number of ether oxygens (including phenoxy) is 1. The number of rotatable bonds is 4. The van der Waals surface area contributed by atoms with Crippen molar-refractivity contribution in [1.82, 2.24) is 15.1 Å². The highest BCUT2D eigenvalue weighted by Gasteiger charge is 2.17. The van der Waals surface area contributed by atoms with Crippen molar-refractivity contribution in [3.63, 3.8) is 0 Å². The Hall–Kier alpha value is -1.81. The predicted molar refractivity (Wildman–Crippen MR) is 70.2 cm³/mol. The molecule has 0 bridgehead atoms. The van der Waals surface area contributed by atoms with E-state index >= 15 is 0 Å². The Bertz CT molecular complexity index is 531. The van der Waals surface area contributed by atoms with E-state index in [-0.39, 0.29) is 0 Å². The molecule has 0 radical (unpaired) electrons. The van der Waals surface area contributed by atoms with Gasteiger partial charge in [-0.05, 0) is 24.6 Å². The highest BCUT2D eigenvalue weighted by atomic mass is 16.5. The maximum atomic E-state index is 5.72. The van der Waals surface area contributed by atoms with E-state index in [9.17, 15) is 0 Å². The molecular formula is C14H17N3O. The summed E-state index contributed by atoms with van der Waals surface area (Å²) in [5, 5.41) is 7.56. The Balaban J connectivity index is 1.68. The SMILES string of the molecule is Cc1cccc(-n2cc(OCC3CNC3)cn2)c1. The first-order valence-electron chi connectivity index (χ1n) is 6.26. The zero-order chi connectivity index (χ0) is 12.4. The summed E-state index contributed by atoms with van der Waals surface area (Å²) < 4.78 is 7.57. The Kier molecular flexibility index (Phi) is 3.02. The third-order valence-corrected chi connectivity index (χ3v) is 3.18. The molecule has 4 heteroatoms. The quantitative estimate of drug-likeness (QED) is 0.889. The average molecular weight is 243 g/mol. The molecule has 18 heavy (non-hydrogen) atoms. The molecule has 1 aromatic carbocycles. The fourth-order valence-corrected chi connectivity index (χ4v) is 1.97. The van der Waals surface area contributed by atoms with Gasteiger partial charge in [0.05, 0.1) is 24.7 Å². The van der Waals surface area contributed by atoms with Crippen LogP contribution in [-0.2, 0) is 0 Å². The van der Waals surface area contributed by atoms with Gasteiger partial charge in [-0.3, -0.25) is 0 Å². The number of hydrogen-bond acceptors (Lipinski definition) is 3. The van der Waals surface area contributed by atoms with Gasteiger partial charge in [-0.1, -0.05) is 12.1 Å². The van der Waals surface area contributed by atoms with Crippen LogP contribution in [0.2, 0.25) is 0 Å². The standard InChI is InChI=1S/C14H17N3O/c1-11-3-2-4-13(5-11)17-9-14(8-16-17)18-10-12-6-15-7-12/h2-5,8-9,12,15H,6-7,10H2,1H3. The van der Waals surface area contributed by atoms with Crippen molar-refractivity contribution in [2.75, 3.05) is 19.7 Å². The van der Waals surface area contributed by atoms with E-state index < -0.39 is 0 Å². The van der Waals surface area contributed by atoms with Crippen molar-refractivity contribution in [3.8, 4) is 11.4 Å². The minimum absolute atomic E-state index is 0.646. The third-order valence-electron chi connectivity index (χ3n) is 3.18. The zero-order valence-corrected chi connectivity index (χ0v) is 10.5. The first kappa shape index (κ1) is 11.3. The summed E-state index contributed by atoms with van der Waals surface area (Å²) in [6, 6.07) is 8.26. The van der Waals surface area contributed by atoms with Crippen LogP contribution in [0.25, 0.3) is 5.69 Å². The van der Waals surface area contributed by atoms with Gasteiger partial charge in [0.15, 0.2) is 5.75 Å². The van der Waals surface area contributed by atoms with Crippen molar-refractivity contribution in [3.05, 3.63) is 42.2 Å². The second-order valence-electron chi connectivity index (χ2n) is 4.79. The molecular weight excluding hydrogens is 226 g/mol. The van der Waals surface area contributed by atoms with Gasteiger partial charge in [-0.2, -0.15) is 5.10 Å². The molecule has 1 aliphatic heterocycles. The predicted octanol–water partition coefficient (Wildman–Crippen LogP) is 1.78. The normalized spacial score (nSPS) is 15.4. The van der Waals surface area contributed by atoms with Crippen LogP contribution in [0.3, 0.4) is 0 Å².